The van der Waals surface area contributed by atoms with E-state index in [9.17, 15) is 4.79 Å². The standard InChI is InChI=1S/C34H35NO3/c1-5-33(36)24-27(4)37-38-34-22-14-29(15-23-34)11-10-28-12-20-32(21-13-28)35(30-16-6-25(2)7-17-30)31-18-8-26(3)9-19-31/h5-9,12-23,27H,1,10-11,24H2,2-4H3. The average molecular weight is 506 g/mol. The predicted octanol–water partition coefficient (Wildman–Crippen LogP) is 8.40. The molecule has 0 radical (unpaired) electrons. The summed E-state index contributed by atoms with van der Waals surface area (Å²) in [5.41, 5.74) is 8.40. The van der Waals surface area contributed by atoms with Crippen LogP contribution >= 0.6 is 0 Å². The van der Waals surface area contributed by atoms with Gasteiger partial charge in [-0.25, -0.2) is 0 Å². The molecule has 0 aromatic heterocycles. The van der Waals surface area contributed by atoms with E-state index < -0.39 is 0 Å². The normalized spacial score (nSPS) is 11.6. The summed E-state index contributed by atoms with van der Waals surface area (Å²) >= 11 is 0. The van der Waals surface area contributed by atoms with Gasteiger partial charge in [-0.05, 0) is 99.3 Å². The van der Waals surface area contributed by atoms with Gasteiger partial charge in [0.1, 0.15) is 6.10 Å². The van der Waals surface area contributed by atoms with E-state index >= 15 is 0 Å². The number of rotatable bonds is 12. The van der Waals surface area contributed by atoms with Gasteiger partial charge in [0.2, 0.25) is 0 Å². The molecule has 0 N–H and O–H groups in total. The lowest BCUT2D eigenvalue weighted by atomic mass is 10.0. The summed E-state index contributed by atoms with van der Waals surface area (Å²) in [6.45, 7) is 9.49. The average Bonchev–Trinajstić information content (AvgIpc) is 2.94. The lowest BCUT2D eigenvalue weighted by molar-refractivity contribution is -0.239. The monoisotopic (exact) mass is 505 g/mol. The van der Waals surface area contributed by atoms with E-state index in [1.54, 1.807) is 6.92 Å². The molecule has 1 unspecified atom stereocenters. The number of carbonyl (C=O) groups is 1. The highest BCUT2D eigenvalue weighted by molar-refractivity contribution is 5.89. The highest BCUT2D eigenvalue weighted by atomic mass is 17.2. The third-order valence-electron chi connectivity index (χ3n) is 6.43. The van der Waals surface area contributed by atoms with Crippen LogP contribution in [0.25, 0.3) is 0 Å². The van der Waals surface area contributed by atoms with Crippen molar-refractivity contribution in [3.05, 3.63) is 132 Å². The zero-order valence-electron chi connectivity index (χ0n) is 22.4. The number of carbonyl (C=O) groups excluding carboxylic acids is 1. The molecule has 1 atom stereocenters. The largest absolute Gasteiger partial charge is 0.337 e. The minimum Gasteiger partial charge on any atom is -0.337 e. The molecule has 0 spiro atoms. The maximum atomic E-state index is 11.4. The molecule has 0 aliphatic heterocycles. The molecule has 4 rings (SSSR count). The lowest BCUT2D eigenvalue weighted by Crippen LogP contribution is -2.15. The summed E-state index contributed by atoms with van der Waals surface area (Å²) in [5.74, 6) is 0.547. The Morgan fingerprint density at radius 3 is 1.61 bits per heavy atom. The van der Waals surface area contributed by atoms with E-state index in [1.165, 1.54) is 28.3 Å². The molecule has 0 saturated heterocycles. The van der Waals surface area contributed by atoms with Gasteiger partial charge in [0, 0.05) is 23.5 Å². The summed E-state index contributed by atoms with van der Waals surface area (Å²) in [6.07, 6.45) is 3.06. The van der Waals surface area contributed by atoms with Crippen molar-refractivity contribution in [1.29, 1.82) is 0 Å². The SMILES string of the molecule is C=CC(=O)CC(C)OOc1ccc(CCc2ccc(N(c3ccc(C)cc3)c3ccc(C)cc3)cc2)cc1. The zero-order valence-corrected chi connectivity index (χ0v) is 22.4. The van der Waals surface area contributed by atoms with E-state index in [0.29, 0.717) is 5.75 Å². The van der Waals surface area contributed by atoms with Gasteiger partial charge in [-0.15, -0.1) is 0 Å². The van der Waals surface area contributed by atoms with Gasteiger partial charge in [0.25, 0.3) is 0 Å². The fourth-order valence-electron chi connectivity index (χ4n) is 4.19. The molecule has 0 amide bonds. The summed E-state index contributed by atoms with van der Waals surface area (Å²) in [7, 11) is 0. The maximum Gasteiger partial charge on any atom is 0.165 e. The molecule has 0 heterocycles. The number of benzene rings is 4. The van der Waals surface area contributed by atoms with Crippen LogP contribution < -0.4 is 9.79 Å². The van der Waals surface area contributed by atoms with E-state index in [4.69, 9.17) is 9.78 Å². The highest BCUT2D eigenvalue weighted by Crippen LogP contribution is 2.34. The summed E-state index contributed by atoms with van der Waals surface area (Å²) < 4.78 is 0. The van der Waals surface area contributed by atoms with Crippen molar-refractivity contribution in [3.63, 3.8) is 0 Å². The molecule has 4 aromatic carbocycles. The Hall–Kier alpha value is -4.15. The van der Waals surface area contributed by atoms with Crippen molar-refractivity contribution in [1.82, 2.24) is 0 Å². The van der Waals surface area contributed by atoms with Crippen LogP contribution in [0.4, 0.5) is 17.1 Å². The summed E-state index contributed by atoms with van der Waals surface area (Å²) in [5, 5.41) is 0. The first kappa shape index (κ1) is 26.9. The van der Waals surface area contributed by atoms with Crippen LogP contribution in [0.5, 0.6) is 5.75 Å². The molecular weight excluding hydrogens is 470 g/mol. The van der Waals surface area contributed by atoms with Crippen molar-refractivity contribution in [2.75, 3.05) is 4.90 Å². The van der Waals surface area contributed by atoms with Crippen molar-refractivity contribution in [2.45, 2.75) is 46.1 Å². The Morgan fingerprint density at radius 2 is 1.16 bits per heavy atom. The number of hydrogen-bond acceptors (Lipinski definition) is 4. The number of anilines is 3. The summed E-state index contributed by atoms with van der Waals surface area (Å²) in [6, 6.07) is 34.0. The van der Waals surface area contributed by atoms with Crippen LogP contribution in [-0.4, -0.2) is 11.9 Å². The summed E-state index contributed by atoms with van der Waals surface area (Å²) in [4.78, 5) is 24.4. The van der Waals surface area contributed by atoms with Crippen LogP contribution in [-0.2, 0) is 22.5 Å². The minimum atomic E-state index is -0.337. The van der Waals surface area contributed by atoms with Gasteiger partial charge in [-0.3, -0.25) is 4.79 Å². The quantitative estimate of drug-likeness (QED) is 0.110. The molecule has 38 heavy (non-hydrogen) atoms. The second-order valence-corrected chi connectivity index (χ2v) is 9.68. The van der Waals surface area contributed by atoms with E-state index in [2.05, 4.69) is 98.1 Å². The molecular formula is C34H35NO3. The first-order chi connectivity index (χ1) is 18.4. The molecule has 4 nitrogen and oxygen atoms in total. The van der Waals surface area contributed by atoms with Crippen molar-refractivity contribution >= 4 is 22.8 Å². The van der Waals surface area contributed by atoms with E-state index in [1.807, 2.05) is 24.3 Å². The first-order valence-electron chi connectivity index (χ1n) is 13.0. The number of aryl methyl sites for hydroxylation is 4. The minimum absolute atomic E-state index is 0.0671. The second-order valence-electron chi connectivity index (χ2n) is 9.68. The van der Waals surface area contributed by atoms with Crippen molar-refractivity contribution in [3.8, 4) is 5.75 Å². The molecule has 0 fully saturated rings. The van der Waals surface area contributed by atoms with Gasteiger partial charge < -0.3 is 9.79 Å². The van der Waals surface area contributed by atoms with Crippen LogP contribution in [0.3, 0.4) is 0 Å². The Morgan fingerprint density at radius 1 is 0.737 bits per heavy atom. The third-order valence-corrected chi connectivity index (χ3v) is 6.43. The Kier molecular flexibility index (Phi) is 9.12. The van der Waals surface area contributed by atoms with Crippen molar-refractivity contribution < 1.29 is 14.6 Å². The fourth-order valence-corrected chi connectivity index (χ4v) is 4.19. The third kappa shape index (κ3) is 7.44. The van der Waals surface area contributed by atoms with E-state index in [-0.39, 0.29) is 18.3 Å². The first-order valence-corrected chi connectivity index (χ1v) is 13.0. The van der Waals surface area contributed by atoms with Gasteiger partial charge in [0.05, 0.1) is 0 Å². The smallest absolute Gasteiger partial charge is 0.165 e. The fraction of sp³-hybridized carbons (Fsp3) is 0.206. The maximum absolute atomic E-state index is 11.4. The number of allylic oxidation sites excluding steroid dienone is 1. The van der Waals surface area contributed by atoms with Crippen LogP contribution in [0.1, 0.15) is 35.6 Å². The molecule has 0 bridgehead atoms. The number of nitrogens with zero attached hydrogens (tertiary/aromatic N) is 1. The predicted molar refractivity (Wildman–Crippen MR) is 155 cm³/mol. The lowest BCUT2D eigenvalue weighted by Gasteiger charge is -2.26. The van der Waals surface area contributed by atoms with Crippen molar-refractivity contribution in [2.24, 2.45) is 0 Å². The van der Waals surface area contributed by atoms with E-state index in [0.717, 1.165) is 29.9 Å². The van der Waals surface area contributed by atoms with Crippen LogP contribution in [0.15, 0.2) is 110 Å². The highest BCUT2D eigenvalue weighted by Gasteiger charge is 2.12. The molecule has 0 aliphatic carbocycles. The van der Waals surface area contributed by atoms with Crippen LogP contribution in [0, 0.1) is 13.8 Å². The zero-order chi connectivity index (χ0) is 26.9. The Balaban J connectivity index is 1.38. The van der Waals surface area contributed by atoms with Gasteiger partial charge in [-0.1, -0.05) is 66.2 Å². The Bertz CT molecular complexity index is 1280. The second kappa shape index (κ2) is 12.9. The molecule has 194 valence electrons. The van der Waals surface area contributed by atoms with Gasteiger partial charge >= 0.3 is 0 Å². The molecule has 4 aromatic rings. The van der Waals surface area contributed by atoms with Crippen LogP contribution in [0.2, 0.25) is 0 Å². The van der Waals surface area contributed by atoms with Gasteiger partial charge in [0.15, 0.2) is 11.5 Å². The topological polar surface area (TPSA) is 38.8 Å². The Labute approximate surface area is 226 Å². The number of hydrogen-bond donors (Lipinski definition) is 0. The van der Waals surface area contributed by atoms with Gasteiger partial charge in [-0.2, -0.15) is 4.89 Å². The molecule has 0 saturated carbocycles. The molecule has 4 heteroatoms. The molecule has 0 aliphatic rings. The number of ketones is 1.